The standard InChI is InChI=1S/C21H28N2O3/c1-13-6-4-9-19(14(13)2)23-12-17(11-20(23)25)21(26)22-18-8-5-7-16(10-18)15(3)24/h5,7-8,10,13-14,17,19H,4,6,9,11-12H2,1-3H3,(H,22,26)/t13-,14+,17+,19+/m0/s1. The van der Waals surface area contributed by atoms with Crippen LogP contribution in [0.1, 0.15) is 56.8 Å². The van der Waals surface area contributed by atoms with Crippen LogP contribution in [0.3, 0.4) is 0 Å². The Morgan fingerprint density at radius 2 is 1.96 bits per heavy atom. The van der Waals surface area contributed by atoms with Crippen molar-refractivity contribution in [3.05, 3.63) is 29.8 Å². The van der Waals surface area contributed by atoms with E-state index in [0.717, 1.165) is 12.8 Å². The molecule has 1 saturated heterocycles. The summed E-state index contributed by atoms with van der Waals surface area (Å²) in [7, 11) is 0. The molecule has 140 valence electrons. The first-order chi connectivity index (χ1) is 12.4. The first kappa shape index (κ1) is 18.6. The highest BCUT2D eigenvalue weighted by Crippen LogP contribution is 2.35. The van der Waals surface area contributed by atoms with Gasteiger partial charge in [-0.1, -0.05) is 38.8 Å². The molecular weight excluding hydrogens is 328 g/mol. The molecule has 2 amide bonds. The lowest BCUT2D eigenvalue weighted by Crippen LogP contribution is -2.45. The minimum atomic E-state index is -0.326. The van der Waals surface area contributed by atoms with Gasteiger partial charge in [0.15, 0.2) is 5.78 Å². The normalized spacial score (nSPS) is 28.9. The van der Waals surface area contributed by atoms with Gasteiger partial charge in [-0.25, -0.2) is 0 Å². The largest absolute Gasteiger partial charge is 0.339 e. The zero-order chi connectivity index (χ0) is 18.8. The summed E-state index contributed by atoms with van der Waals surface area (Å²) in [6, 6.07) is 7.18. The molecule has 26 heavy (non-hydrogen) atoms. The fraction of sp³-hybridized carbons (Fsp3) is 0.571. The maximum atomic E-state index is 12.6. The zero-order valence-electron chi connectivity index (χ0n) is 15.8. The van der Waals surface area contributed by atoms with Crippen LogP contribution in [0.5, 0.6) is 0 Å². The number of ketones is 1. The Hall–Kier alpha value is -2.17. The summed E-state index contributed by atoms with van der Waals surface area (Å²) in [5.41, 5.74) is 1.17. The summed E-state index contributed by atoms with van der Waals surface area (Å²) in [5.74, 6) is 0.675. The zero-order valence-corrected chi connectivity index (χ0v) is 15.8. The van der Waals surface area contributed by atoms with Gasteiger partial charge in [-0.2, -0.15) is 0 Å². The lowest BCUT2D eigenvalue weighted by atomic mass is 9.77. The van der Waals surface area contributed by atoms with Gasteiger partial charge in [-0.05, 0) is 37.3 Å². The highest BCUT2D eigenvalue weighted by Gasteiger charge is 2.41. The van der Waals surface area contributed by atoms with Crippen molar-refractivity contribution in [2.24, 2.45) is 17.8 Å². The Kier molecular flexibility index (Phi) is 5.44. The molecule has 1 N–H and O–H groups in total. The van der Waals surface area contributed by atoms with E-state index in [1.807, 2.05) is 4.90 Å². The molecule has 0 aromatic heterocycles. The Morgan fingerprint density at radius 1 is 1.19 bits per heavy atom. The molecule has 2 aliphatic rings. The topological polar surface area (TPSA) is 66.5 Å². The van der Waals surface area contributed by atoms with Crippen molar-refractivity contribution in [3.8, 4) is 0 Å². The van der Waals surface area contributed by atoms with Crippen LogP contribution >= 0.6 is 0 Å². The molecule has 0 bridgehead atoms. The summed E-state index contributed by atoms with van der Waals surface area (Å²) in [6.07, 6.45) is 3.67. The Morgan fingerprint density at radius 3 is 2.69 bits per heavy atom. The third kappa shape index (κ3) is 3.81. The number of anilines is 1. The van der Waals surface area contributed by atoms with E-state index in [4.69, 9.17) is 0 Å². The second-order valence-corrected chi connectivity index (χ2v) is 7.91. The summed E-state index contributed by atoms with van der Waals surface area (Å²) in [5, 5.41) is 2.87. The van der Waals surface area contributed by atoms with Crippen LogP contribution in [0.4, 0.5) is 5.69 Å². The molecule has 5 nitrogen and oxygen atoms in total. The predicted molar refractivity (Wildman–Crippen MR) is 101 cm³/mol. The van der Waals surface area contributed by atoms with Crippen molar-refractivity contribution in [1.82, 2.24) is 4.90 Å². The molecule has 5 heteroatoms. The molecule has 2 fully saturated rings. The second kappa shape index (κ2) is 7.60. The molecule has 1 aliphatic heterocycles. The number of likely N-dealkylation sites (tertiary alicyclic amines) is 1. The number of Topliss-reactive ketones (excluding diaryl/α,β-unsaturated/α-hetero) is 1. The number of benzene rings is 1. The van der Waals surface area contributed by atoms with E-state index in [-0.39, 0.29) is 36.0 Å². The van der Waals surface area contributed by atoms with E-state index in [9.17, 15) is 14.4 Å². The molecule has 0 spiro atoms. The van der Waals surface area contributed by atoms with Crippen molar-refractivity contribution in [3.63, 3.8) is 0 Å². The van der Waals surface area contributed by atoms with Crippen molar-refractivity contribution < 1.29 is 14.4 Å². The molecule has 1 saturated carbocycles. The first-order valence-electron chi connectivity index (χ1n) is 9.58. The summed E-state index contributed by atoms with van der Waals surface area (Å²) in [6.45, 7) is 6.48. The van der Waals surface area contributed by atoms with Gasteiger partial charge in [0.2, 0.25) is 11.8 Å². The van der Waals surface area contributed by atoms with Crippen LogP contribution in [-0.4, -0.2) is 35.1 Å². The second-order valence-electron chi connectivity index (χ2n) is 7.91. The van der Waals surface area contributed by atoms with Gasteiger partial charge in [0.05, 0.1) is 5.92 Å². The highest BCUT2D eigenvalue weighted by atomic mass is 16.2. The predicted octanol–water partition coefficient (Wildman–Crippen LogP) is 3.50. The third-order valence-electron chi connectivity index (χ3n) is 6.13. The fourth-order valence-electron chi connectivity index (χ4n) is 4.28. The third-order valence-corrected chi connectivity index (χ3v) is 6.13. The summed E-state index contributed by atoms with van der Waals surface area (Å²) in [4.78, 5) is 38.6. The minimum absolute atomic E-state index is 0.0382. The number of carbonyl (C=O) groups is 3. The van der Waals surface area contributed by atoms with Crippen LogP contribution in [0, 0.1) is 17.8 Å². The average Bonchev–Trinajstić information content (AvgIpc) is 2.99. The quantitative estimate of drug-likeness (QED) is 0.840. The molecule has 3 rings (SSSR count). The first-order valence-corrected chi connectivity index (χ1v) is 9.58. The van der Waals surface area contributed by atoms with Crippen molar-refractivity contribution >= 4 is 23.3 Å². The van der Waals surface area contributed by atoms with Gasteiger partial charge in [-0.15, -0.1) is 0 Å². The van der Waals surface area contributed by atoms with Crippen molar-refractivity contribution in [1.29, 1.82) is 0 Å². The summed E-state index contributed by atoms with van der Waals surface area (Å²) < 4.78 is 0. The van der Waals surface area contributed by atoms with Crippen LogP contribution in [0.25, 0.3) is 0 Å². The van der Waals surface area contributed by atoms with Gasteiger partial charge in [0.25, 0.3) is 0 Å². The SMILES string of the molecule is CC(=O)c1cccc(NC(=O)[C@@H]2CC(=O)N([C@@H]3CCC[C@H](C)[C@H]3C)C2)c1. The maximum Gasteiger partial charge on any atom is 0.229 e. The minimum Gasteiger partial charge on any atom is -0.339 e. The van der Waals surface area contributed by atoms with Crippen LogP contribution in [-0.2, 0) is 9.59 Å². The van der Waals surface area contributed by atoms with Gasteiger partial charge in [0.1, 0.15) is 0 Å². The van der Waals surface area contributed by atoms with Crippen LogP contribution in [0.15, 0.2) is 24.3 Å². The number of hydrogen-bond acceptors (Lipinski definition) is 3. The number of carbonyl (C=O) groups excluding carboxylic acids is 3. The van der Waals surface area contributed by atoms with Gasteiger partial charge in [-0.3, -0.25) is 14.4 Å². The lowest BCUT2D eigenvalue weighted by Gasteiger charge is -2.40. The molecule has 0 unspecified atom stereocenters. The van der Waals surface area contributed by atoms with E-state index >= 15 is 0 Å². The molecule has 1 heterocycles. The molecule has 0 radical (unpaired) electrons. The van der Waals surface area contributed by atoms with Crippen molar-refractivity contribution in [2.45, 2.75) is 52.5 Å². The number of amides is 2. The van der Waals surface area contributed by atoms with E-state index in [1.165, 1.54) is 13.3 Å². The Labute approximate surface area is 155 Å². The monoisotopic (exact) mass is 356 g/mol. The van der Waals surface area contributed by atoms with E-state index < -0.39 is 0 Å². The Balaban J connectivity index is 1.65. The van der Waals surface area contributed by atoms with Gasteiger partial charge in [0, 0.05) is 30.3 Å². The van der Waals surface area contributed by atoms with E-state index in [0.29, 0.717) is 29.6 Å². The molecule has 4 atom stereocenters. The number of hydrogen-bond donors (Lipinski definition) is 1. The number of nitrogens with zero attached hydrogens (tertiary/aromatic N) is 1. The fourth-order valence-corrected chi connectivity index (χ4v) is 4.28. The van der Waals surface area contributed by atoms with E-state index in [1.54, 1.807) is 24.3 Å². The molecule has 1 aromatic carbocycles. The molecule has 1 aromatic rings. The smallest absolute Gasteiger partial charge is 0.229 e. The van der Waals surface area contributed by atoms with Crippen LogP contribution < -0.4 is 5.32 Å². The van der Waals surface area contributed by atoms with E-state index in [2.05, 4.69) is 19.2 Å². The van der Waals surface area contributed by atoms with Crippen LogP contribution in [0.2, 0.25) is 0 Å². The Bertz CT molecular complexity index is 715. The number of rotatable bonds is 4. The molecule has 1 aliphatic carbocycles. The lowest BCUT2D eigenvalue weighted by molar-refractivity contribution is -0.131. The average molecular weight is 356 g/mol. The highest BCUT2D eigenvalue weighted by molar-refractivity contribution is 5.99. The van der Waals surface area contributed by atoms with Gasteiger partial charge < -0.3 is 10.2 Å². The van der Waals surface area contributed by atoms with Gasteiger partial charge >= 0.3 is 0 Å². The molecular formula is C21H28N2O3. The summed E-state index contributed by atoms with van der Waals surface area (Å²) >= 11 is 0. The number of nitrogens with one attached hydrogen (secondary N) is 1. The van der Waals surface area contributed by atoms with Crippen molar-refractivity contribution in [2.75, 3.05) is 11.9 Å². The maximum absolute atomic E-state index is 12.6.